The normalized spacial score (nSPS) is 13.6. The number of nitrogens with zero attached hydrogens (tertiary/aromatic N) is 4. The molecule has 1 saturated heterocycles. The van der Waals surface area contributed by atoms with Crippen LogP contribution in [-0.4, -0.2) is 58.5 Å². The quantitative estimate of drug-likeness (QED) is 0.280. The van der Waals surface area contributed by atoms with Crippen LogP contribution in [0.3, 0.4) is 0 Å². The van der Waals surface area contributed by atoms with E-state index in [1.165, 1.54) is 6.92 Å². The second-order valence-electron chi connectivity index (χ2n) is 8.11. The van der Waals surface area contributed by atoms with Crippen LogP contribution in [-0.2, 0) is 9.53 Å². The first kappa shape index (κ1) is 24.0. The van der Waals surface area contributed by atoms with Crippen LogP contribution < -0.4 is 10.2 Å². The van der Waals surface area contributed by atoms with Crippen molar-refractivity contribution >= 4 is 35.1 Å². The van der Waals surface area contributed by atoms with Crippen LogP contribution in [0.1, 0.15) is 35.7 Å². The summed E-state index contributed by atoms with van der Waals surface area (Å²) in [5, 5.41) is 12.6. The van der Waals surface area contributed by atoms with Gasteiger partial charge in [-0.05, 0) is 44.0 Å². The van der Waals surface area contributed by atoms with Crippen LogP contribution in [0.15, 0.2) is 53.7 Å². The number of ether oxygens (including phenoxy) is 1. The van der Waals surface area contributed by atoms with Crippen LogP contribution in [0, 0.1) is 6.92 Å². The van der Waals surface area contributed by atoms with Gasteiger partial charge in [-0.1, -0.05) is 42.1 Å². The number of amides is 1. The van der Waals surface area contributed by atoms with Gasteiger partial charge in [0.1, 0.15) is 0 Å². The number of ketones is 1. The minimum atomic E-state index is -0.108. The second kappa shape index (κ2) is 11.3. The average molecular weight is 480 g/mol. The first-order chi connectivity index (χ1) is 16.5. The van der Waals surface area contributed by atoms with Gasteiger partial charge in [-0.25, -0.2) is 0 Å². The van der Waals surface area contributed by atoms with Gasteiger partial charge in [0.25, 0.3) is 0 Å². The number of morpholine rings is 1. The van der Waals surface area contributed by atoms with Crippen molar-refractivity contribution in [1.82, 2.24) is 14.8 Å². The number of carbonyl (C=O) groups excluding carboxylic acids is 2. The van der Waals surface area contributed by atoms with E-state index < -0.39 is 0 Å². The zero-order valence-electron chi connectivity index (χ0n) is 19.5. The highest BCUT2D eigenvalue weighted by Crippen LogP contribution is 2.29. The third kappa shape index (κ3) is 5.66. The zero-order valence-corrected chi connectivity index (χ0v) is 20.3. The summed E-state index contributed by atoms with van der Waals surface area (Å²) < 4.78 is 7.61. The van der Waals surface area contributed by atoms with Crippen LogP contribution in [0.2, 0.25) is 0 Å². The monoisotopic (exact) mass is 479 g/mol. The van der Waals surface area contributed by atoms with Crippen molar-refractivity contribution in [3.8, 4) is 5.69 Å². The first-order valence-electron chi connectivity index (χ1n) is 11.4. The number of hydrogen-bond donors (Lipinski definition) is 1. The summed E-state index contributed by atoms with van der Waals surface area (Å²) in [6.07, 6.45) is 1.03. The third-order valence-corrected chi connectivity index (χ3v) is 6.64. The molecule has 0 atom stereocenters. The fourth-order valence-electron chi connectivity index (χ4n) is 3.86. The summed E-state index contributed by atoms with van der Waals surface area (Å²) in [6, 6.07) is 15.3. The lowest BCUT2D eigenvalue weighted by atomic mass is 10.1. The van der Waals surface area contributed by atoms with E-state index in [-0.39, 0.29) is 11.7 Å². The predicted octanol–water partition coefficient (Wildman–Crippen LogP) is 4.13. The molecule has 34 heavy (non-hydrogen) atoms. The summed E-state index contributed by atoms with van der Waals surface area (Å²) in [6.45, 7) is 6.47. The number of aryl methyl sites for hydroxylation is 1. The van der Waals surface area contributed by atoms with Crippen molar-refractivity contribution in [3.05, 3.63) is 59.7 Å². The molecule has 0 unspecified atom stereocenters. The number of carbonyl (C=O) groups is 2. The minimum Gasteiger partial charge on any atom is -0.378 e. The molecule has 0 aliphatic carbocycles. The molecule has 2 heterocycles. The molecular weight excluding hydrogens is 450 g/mol. The Hall–Kier alpha value is -3.17. The van der Waals surface area contributed by atoms with Crippen molar-refractivity contribution in [1.29, 1.82) is 0 Å². The van der Waals surface area contributed by atoms with E-state index in [1.54, 1.807) is 30.0 Å². The van der Waals surface area contributed by atoms with E-state index in [0.29, 0.717) is 37.3 Å². The van der Waals surface area contributed by atoms with Crippen molar-refractivity contribution < 1.29 is 14.3 Å². The summed E-state index contributed by atoms with van der Waals surface area (Å²) in [5.41, 5.74) is 3.27. The molecule has 1 aromatic heterocycles. The molecule has 8 nitrogen and oxygen atoms in total. The van der Waals surface area contributed by atoms with Crippen molar-refractivity contribution in [3.63, 3.8) is 0 Å². The molecular formula is C25H29N5O3S. The minimum absolute atomic E-state index is 0.0712. The van der Waals surface area contributed by atoms with Crippen LogP contribution in [0.5, 0.6) is 0 Å². The highest BCUT2D eigenvalue weighted by molar-refractivity contribution is 7.99. The van der Waals surface area contributed by atoms with Gasteiger partial charge in [0.15, 0.2) is 10.9 Å². The molecule has 0 saturated carbocycles. The topological polar surface area (TPSA) is 89.3 Å². The van der Waals surface area contributed by atoms with Gasteiger partial charge in [0, 0.05) is 30.8 Å². The predicted molar refractivity (Wildman–Crippen MR) is 134 cm³/mol. The number of hydrogen-bond acceptors (Lipinski definition) is 7. The number of nitrogens with one attached hydrogen (secondary N) is 1. The fraction of sp³-hybridized carbons (Fsp3) is 0.360. The van der Waals surface area contributed by atoms with E-state index in [0.717, 1.165) is 41.2 Å². The van der Waals surface area contributed by atoms with Gasteiger partial charge in [-0.3, -0.25) is 14.2 Å². The molecule has 9 heteroatoms. The molecule has 1 aliphatic heterocycles. The van der Waals surface area contributed by atoms with E-state index >= 15 is 0 Å². The summed E-state index contributed by atoms with van der Waals surface area (Å²) in [4.78, 5) is 26.4. The van der Waals surface area contributed by atoms with Gasteiger partial charge in [0.05, 0.1) is 24.6 Å². The van der Waals surface area contributed by atoms with E-state index in [4.69, 9.17) is 4.74 Å². The summed E-state index contributed by atoms with van der Waals surface area (Å²) in [5.74, 6) is 1.36. The number of rotatable bonds is 9. The molecule has 2 aromatic carbocycles. The molecule has 0 spiro atoms. The van der Waals surface area contributed by atoms with Gasteiger partial charge in [-0.15, -0.1) is 10.2 Å². The lowest BCUT2D eigenvalue weighted by Crippen LogP contribution is -2.38. The Bertz CT molecular complexity index is 1160. The average Bonchev–Trinajstić information content (AvgIpc) is 3.26. The van der Waals surface area contributed by atoms with Gasteiger partial charge >= 0.3 is 0 Å². The first-order valence-corrected chi connectivity index (χ1v) is 12.4. The van der Waals surface area contributed by atoms with Crippen molar-refractivity contribution in [2.24, 2.45) is 0 Å². The Morgan fingerprint density at radius 2 is 1.79 bits per heavy atom. The Morgan fingerprint density at radius 1 is 1.06 bits per heavy atom. The van der Waals surface area contributed by atoms with Crippen LogP contribution in [0.25, 0.3) is 5.69 Å². The highest BCUT2D eigenvalue weighted by Gasteiger charge is 2.22. The van der Waals surface area contributed by atoms with Crippen molar-refractivity contribution in [2.75, 3.05) is 42.3 Å². The Morgan fingerprint density at radius 3 is 2.56 bits per heavy atom. The summed E-state index contributed by atoms with van der Waals surface area (Å²) in [7, 11) is 0. The molecule has 3 aromatic rings. The van der Waals surface area contributed by atoms with Gasteiger partial charge in [-0.2, -0.15) is 0 Å². The van der Waals surface area contributed by atoms with E-state index in [2.05, 4.69) is 44.0 Å². The number of Topliss-reactive ketones (excluding diaryl/α,β-unsaturated/α-hetero) is 1. The lowest BCUT2D eigenvalue weighted by molar-refractivity contribution is -0.116. The molecule has 0 bridgehead atoms. The Balaban J connectivity index is 1.41. The molecule has 0 radical (unpaired) electrons. The maximum atomic E-state index is 12.5. The Kier molecular flexibility index (Phi) is 7.97. The second-order valence-corrected chi connectivity index (χ2v) is 9.17. The number of thioether (sulfide) groups is 1. The van der Waals surface area contributed by atoms with Crippen molar-refractivity contribution in [2.45, 2.75) is 31.8 Å². The van der Waals surface area contributed by atoms with E-state index in [9.17, 15) is 9.59 Å². The molecule has 1 fully saturated rings. The number of anilines is 2. The summed E-state index contributed by atoms with van der Waals surface area (Å²) >= 11 is 1.59. The van der Waals surface area contributed by atoms with Gasteiger partial charge in [0.2, 0.25) is 11.9 Å². The van der Waals surface area contributed by atoms with Crippen LogP contribution in [0.4, 0.5) is 11.6 Å². The third-order valence-electron chi connectivity index (χ3n) is 5.63. The maximum absolute atomic E-state index is 12.5. The SMILES string of the molecule is CC(=O)c1ccccc1NC(=O)CCCSc1nnc(N2CCOCC2)n1-c1ccccc1C. The fourth-order valence-corrected chi connectivity index (χ4v) is 4.74. The molecule has 1 amide bonds. The smallest absolute Gasteiger partial charge is 0.232 e. The van der Waals surface area contributed by atoms with Crippen LogP contribution >= 0.6 is 11.8 Å². The standard InChI is InChI=1S/C25H29N5O3S/c1-18-8-3-6-11-22(18)30-24(29-13-15-33-16-14-29)27-28-25(30)34-17-7-12-23(32)26-21-10-5-4-9-20(21)19(2)31/h3-6,8-11H,7,12-17H2,1-2H3,(H,26,32). The Labute approximate surface area is 203 Å². The largest absolute Gasteiger partial charge is 0.378 e. The molecule has 4 rings (SSSR count). The number of para-hydroxylation sites is 2. The highest BCUT2D eigenvalue weighted by atomic mass is 32.2. The zero-order chi connectivity index (χ0) is 23.9. The molecule has 1 N–H and O–H groups in total. The molecule has 1 aliphatic rings. The number of benzene rings is 2. The maximum Gasteiger partial charge on any atom is 0.232 e. The van der Waals surface area contributed by atoms with E-state index in [1.807, 2.05) is 18.2 Å². The number of aromatic nitrogens is 3. The lowest BCUT2D eigenvalue weighted by Gasteiger charge is -2.28. The molecule has 178 valence electrons. The van der Waals surface area contributed by atoms with Gasteiger partial charge < -0.3 is 15.0 Å².